The molecule has 0 radical (unpaired) electrons. The van der Waals surface area contributed by atoms with E-state index in [2.05, 4.69) is 27.4 Å². The molecular formula is C21H28N4O4. The lowest BCUT2D eigenvalue weighted by Crippen LogP contribution is -2.42. The fourth-order valence-corrected chi connectivity index (χ4v) is 4.54. The van der Waals surface area contributed by atoms with Gasteiger partial charge >= 0.3 is 0 Å². The van der Waals surface area contributed by atoms with E-state index in [0.717, 1.165) is 48.2 Å². The Kier molecular flexibility index (Phi) is 5.56. The molecule has 0 spiro atoms. The fraction of sp³-hybridized carbons (Fsp3) is 0.571. The molecule has 156 valence electrons. The van der Waals surface area contributed by atoms with Gasteiger partial charge in [-0.2, -0.15) is 5.10 Å². The Morgan fingerprint density at radius 1 is 1.14 bits per heavy atom. The molecule has 0 saturated carbocycles. The summed E-state index contributed by atoms with van der Waals surface area (Å²) in [7, 11) is 3.38. The largest absolute Gasteiger partial charge is 0.371 e. The van der Waals surface area contributed by atoms with Gasteiger partial charge in [-0.3, -0.25) is 19.6 Å². The van der Waals surface area contributed by atoms with Crippen molar-refractivity contribution in [3.05, 3.63) is 23.9 Å². The number of methoxy groups -OCH3 is 2. The zero-order valence-corrected chi connectivity index (χ0v) is 17.2. The Labute approximate surface area is 170 Å². The van der Waals surface area contributed by atoms with E-state index in [-0.39, 0.29) is 18.1 Å². The second-order valence-electron chi connectivity index (χ2n) is 7.86. The summed E-state index contributed by atoms with van der Waals surface area (Å²) < 4.78 is 12.6. The number of amides is 2. The summed E-state index contributed by atoms with van der Waals surface area (Å²) in [5.41, 5.74) is 2.97. The van der Waals surface area contributed by atoms with Crippen molar-refractivity contribution in [2.75, 3.05) is 32.2 Å². The molecule has 8 heteroatoms. The number of anilines is 1. The predicted molar refractivity (Wildman–Crippen MR) is 109 cm³/mol. The number of carbonyl (C=O) groups is 2. The highest BCUT2D eigenvalue weighted by Crippen LogP contribution is 2.32. The van der Waals surface area contributed by atoms with Crippen LogP contribution in [0.1, 0.15) is 37.4 Å². The number of benzene rings is 1. The maximum absolute atomic E-state index is 12.3. The SMILES string of the molecule is COC(OC)C1CCN(c2ccc3c(c2)c(C)nn3C2CCC(=O)NC2=O)CC1. The van der Waals surface area contributed by atoms with E-state index in [1.165, 1.54) is 0 Å². The van der Waals surface area contributed by atoms with Gasteiger partial charge in [-0.25, -0.2) is 0 Å². The van der Waals surface area contributed by atoms with Crippen molar-refractivity contribution < 1.29 is 19.1 Å². The van der Waals surface area contributed by atoms with Crippen LogP contribution in [0.2, 0.25) is 0 Å². The number of aryl methyl sites for hydroxylation is 1. The summed E-state index contributed by atoms with van der Waals surface area (Å²) in [5, 5.41) is 8.09. The van der Waals surface area contributed by atoms with Gasteiger partial charge in [0, 0.05) is 50.7 Å². The van der Waals surface area contributed by atoms with Crippen LogP contribution in [0.4, 0.5) is 5.69 Å². The fourth-order valence-electron chi connectivity index (χ4n) is 4.54. The zero-order valence-electron chi connectivity index (χ0n) is 17.2. The molecule has 8 nitrogen and oxygen atoms in total. The third-order valence-corrected chi connectivity index (χ3v) is 6.13. The van der Waals surface area contributed by atoms with E-state index in [0.29, 0.717) is 18.8 Å². The van der Waals surface area contributed by atoms with E-state index in [9.17, 15) is 9.59 Å². The molecule has 2 aromatic rings. The lowest BCUT2D eigenvalue weighted by atomic mass is 9.95. The first-order valence-corrected chi connectivity index (χ1v) is 10.1. The molecule has 2 fully saturated rings. The summed E-state index contributed by atoms with van der Waals surface area (Å²) in [6.07, 6.45) is 2.70. The molecule has 0 aliphatic carbocycles. The zero-order chi connectivity index (χ0) is 20.5. The summed E-state index contributed by atoms with van der Waals surface area (Å²) >= 11 is 0. The number of hydrogen-bond donors (Lipinski definition) is 1. The number of imide groups is 1. The average Bonchev–Trinajstić information content (AvgIpc) is 3.05. The Morgan fingerprint density at radius 3 is 2.52 bits per heavy atom. The lowest BCUT2D eigenvalue weighted by molar-refractivity contribution is -0.141. The molecule has 4 rings (SSSR count). The number of nitrogens with one attached hydrogen (secondary N) is 1. The van der Waals surface area contributed by atoms with Crippen LogP contribution in [0.5, 0.6) is 0 Å². The predicted octanol–water partition coefficient (Wildman–Crippen LogP) is 2.16. The Balaban J connectivity index is 1.54. The van der Waals surface area contributed by atoms with Gasteiger partial charge in [-0.15, -0.1) is 0 Å². The van der Waals surface area contributed by atoms with E-state index in [1.54, 1.807) is 18.9 Å². The molecule has 1 unspecified atom stereocenters. The molecule has 1 aromatic heterocycles. The van der Waals surface area contributed by atoms with E-state index in [1.807, 2.05) is 13.0 Å². The highest BCUT2D eigenvalue weighted by Gasteiger charge is 2.31. The number of hydrogen-bond acceptors (Lipinski definition) is 6. The normalized spacial score (nSPS) is 21.2. The highest BCUT2D eigenvalue weighted by molar-refractivity contribution is 6.00. The number of rotatable bonds is 5. The average molecular weight is 400 g/mol. The van der Waals surface area contributed by atoms with Gasteiger partial charge < -0.3 is 14.4 Å². The standard InChI is InChI=1S/C21H28N4O4/c1-13-16-12-15(24-10-8-14(9-11-24)21(28-2)29-3)4-5-17(16)25(23-13)18-6-7-19(26)22-20(18)27/h4-5,12,14,18,21H,6-11H2,1-3H3,(H,22,26,27). The van der Waals surface area contributed by atoms with Crippen LogP contribution in [0, 0.1) is 12.8 Å². The van der Waals surface area contributed by atoms with E-state index in [4.69, 9.17) is 9.47 Å². The van der Waals surface area contributed by atoms with E-state index >= 15 is 0 Å². The van der Waals surface area contributed by atoms with Crippen LogP contribution in [0.3, 0.4) is 0 Å². The molecule has 0 bridgehead atoms. The molecule has 1 atom stereocenters. The molecule has 2 amide bonds. The summed E-state index contributed by atoms with van der Waals surface area (Å²) in [6.45, 7) is 3.85. The monoisotopic (exact) mass is 400 g/mol. The van der Waals surface area contributed by atoms with E-state index < -0.39 is 6.04 Å². The van der Waals surface area contributed by atoms with Gasteiger partial charge in [0.25, 0.3) is 5.91 Å². The third-order valence-electron chi connectivity index (χ3n) is 6.13. The minimum absolute atomic E-state index is 0.145. The maximum atomic E-state index is 12.3. The maximum Gasteiger partial charge on any atom is 0.251 e. The van der Waals surface area contributed by atoms with Crippen molar-refractivity contribution in [1.82, 2.24) is 15.1 Å². The van der Waals surface area contributed by atoms with Gasteiger partial charge in [0.1, 0.15) is 6.04 Å². The minimum atomic E-state index is -0.439. The van der Waals surface area contributed by atoms with Crippen molar-refractivity contribution in [2.45, 2.75) is 44.9 Å². The molecule has 1 aromatic carbocycles. The number of piperidine rings is 2. The smallest absolute Gasteiger partial charge is 0.251 e. The Bertz CT molecular complexity index is 913. The quantitative estimate of drug-likeness (QED) is 0.612. The number of aromatic nitrogens is 2. The second kappa shape index (κ2) is 8.12. The van der Waals surface area contributed by atoms with Crippen LogP contribution in [-0.4, -0.2) is 55.2 Å². The minimum Gasteiger partial charge on any atom is -0.371 e. The number of ether oxygens (including phenoxy) is 2. The molecular weight excluding hydrogens is 372 g/mol. The van der Waals surface area contributed by atoms with Crippen LogP contribution in [0.15, 0.2) is 18.2 Å². The van der Waals surface area contributed by atoms with Crippen molar-refractivity contribution in [1.29, 1.82) is 0 Å². The lowest BCUT2D eigenvalue weighted by Gasteiger charge is -2.36. The molecule has 29 heavy (non-hydrogen) atoms. The highest BCUT2D eigenvalue weighted by atomic mass is 16.7. The van der Waals surface area contributed by atoms with Gasteiger partial charge in [0.15, 0.2) is 6.29 Å². The van der Waals surface area contributed by atoms with Crippen molar-refractivity contribution >= 4 is 28.4 Å². The van der Waals surface area contributed by atoms with Crippen molar-refractivity contribution in [2.24, 2.45) is 5.92 Å². The van der Waals surface area contributed by atoms with Crippen molar-refractivity contribution in [3.63, 3.8) is 0 Å². The van der Waals surface area contributed by atoms with Crippen LogP contribution >= 0.6 is 0 Å². The van der Waals surface area contributed by atoms with Gasteiger partial charge in [0.05, 0.1) is 11.2 Å². The van der Waals surface area contributed by atoms with Crippen LogP contribution < -0.4 is 10.2 Å². The first-order chi connectivity index (χ1) is 14.0. The summed E-state index contributed by atoms with van der Waals surface area (Å²) in [5.74, 6) is -0.0843. The van der Waals surface area contributed by atoms with Crippen molar-refractivity contribution in [3.8, 4) is 0 Å². The van der Waals surface area contributed by atoms with Gasteiger partial charge in [0.2, 0.25) is 5.91 Å². The van der Waals surface area contributed by atoms with Crippen LogP contribution in [0.25, 0.3) is 10.9 Å². The number of fused-ring (bicyclic) bond motifs is 1. The Morgan fingerprint density at radius 2 is 1.86 bits per heavy atom. The number of carbonyl (C=O) groups excluding carboxylic acids is 2. The van der Waals surface area contributed by atoms with Gasteiger partial charge in [-0.05, 0) is 44.4 Å². The van der Waals surface area contributed by atoms with Gasteiger partial charge in [-0.1, -0.05) is 0 Å². The first-order valence-electron chi connectivity index (χ1n) is 10.1. The Hall–Kier alpha value is -2.45. The first kappa shape index (κ1) is 19.8. The second-order valence-corrected chi connectivity index (χ2v) is 7.86. The molecule has 3 heterocycles. The summed E-state index contributed by atoms with van der Waals surface area (Å²) in [4.78, 5) is 26.1. The molecule has 2 aliphatic rings. The molecule has 1 N–H and O–H groups in total. The molecule has 2 aliphatic heterocycles. The molecule has 2 saturated heterocycles. The number of nitrogens with zero attached hydrogens (tertiary/aromatic N) is 3. The topological polar surface area (TPSA) is 85.7 Å². The summed E-state index contributed by atoms with van der Waals surface area (Å²) in [6, 6.07) is 5.85. The van der Waals surface area contributed by atoms with Crippen LogP contribution in [-0.2, 0) is 19.1 Å². The third kappa shape index (κ3) is 3.74.